The Balaban J connectivity index is 1.92. The Kier molecular flexibility index (Phi) is 6.53. The fourth-order valence-corrected chi connectivity index (χ4v) is 3.45. The van der Waals surface area contributed by atoms with E-state index in [-0.39, 0.29) is 11.4 Å². The van der Waals surface area contributed by atoms with Gasteiger partial charge in [-0.2, -0.15) is 0 Å². The first-order chi connectivity index (χ1) is 11.3. The molecule has 0 spiro atoms. The molecule has 0 aromatic heterocycles. The zero-order valence-corrected chi connectivity index (χ0v) is 15.9. The number of aryl methyl sites for hydroxylation is 1. The SMILES string of the molecule is Cc1cc(OC(C)C(=O)NCC2(N(C)C)CCCCC2)ccc1Cl. The first kappa shape index (κ1) is 19.1. The zero-order valence-electron chi connectivity index (χ0n) is 15.2. The number of nitrogens with zero attached hydrogens (tertiary/aromatic N) is 1. The fourth-order valence-electron chi connectivity index (χ4n) is 3.34. The van der Waals surface area contributed by atoms with Crippen LogP contribution in [0.2, 0.25) is 5.02 Å². The number of likely N-dealkylation sites (N-methyl/N-ethyl adjacent to an activating group) is 1. The molecule has 0 aliphatic heterocycles. The molecule has 0 heterocycles. The first-order valence-electron chi connectivity index (χ1n) is 8.72. The van der Waals surface area contributed by atoms with Gasteiger partial charge in [0.05, 0.1) is 0 Å². The van der Waals surface area contributed by atoms with Crippen molar-refractivity contribution in [3.05, 3.63) is 28.8 Å². The highest BCUT2D eigenvalue weighted by Gasteiger charge is 2.34. The molecule has 1 aromatic carbocycles. The molecular formula is C19H29ClN2O2. The summed E-state index contributed by atoms with van der Waals surface area (Å²) in [7, 11) is 4.21. The number of carbonyl (C=O) groups is 1. The van der Waals surface area contributed by atoms with Crippen molar-refractivity contribution in [1.82, 2.24) is 10.2 Å². The van der Waals surface area contributed by atoms with Crippen LogP contribution < -0.4 is 10.1 Å². The molecule has 1 unspecified atom stereocenters. The molecule has 1 aliphatic carbocycles. The highest BCUT2D eigenvalue weighted by Crippen LogP contribution is 2.31. The number of halogens is 1. The lowest BCUT2D eigenvalue weighted by atomic mass is 9.80. The van der Waals surface area contributed by atoms with Gasteiger partial charge in [0, 0.05) is 17.1 Å². The van der Waals surface area contributed by atoms with Gasteiger partial charge in [-0.25, -0.2) is 0 Å². The average Bonchev–Trinajstić information content (AvgIpc) is 2.56. The summed E-state index contributed by atoms with van der Waals surface area (Å²) >= 11 is 6.02. The van der Waals surface area contributed by atoms with Crippen LogP contribution in [-0.2, 0) is 4.79 Å². The summed E-state index contributed by atoms with van der Waals surface area (Å²) in [6.07, 6.45) is 5.47. The van der Waals surface area contributed by atoms with E-state index in [1.165, 1.54) is 19.3 Å². The van der Waals surface area contributed by atoms with E-state index in [1.807, 2.05) is 13.0 Å². The number of amides is 1. The summed E-state index contributed by atoms with van der Waals surface area (Å²) in [6.45, 7) is 4.37. The van der Waals surface area contributed by atoms with Crippen LogP contribution in [0.15, 0.2) is 18.2 Å². The van der Waals surface area contributed by atoms with E-state index in [0.29, 0.717) is 17.3 Å². The van der Waals surface area contributed by atoms with Crippen molar-refractivity contribution in [1.29, 1.82) is 0 Å². The van der Waals surface area contributed by atoms with Crippen molar-refractivity contribution >= 4 is 17.5 Å². The zero-order chi connectivity index (χ0) is 17.7. The third-order valence-electron chi connectivity index (χ3n) is 5.14. The maximum Gasteiger partial charge on any atom is 0.260 e. The number of hydrogen-bond donors (Lipinski definition) is 1. The lowest BCUT2D eigenvalue weighted by molar-refractivity contribution is -0.128. The van der Waals surface area contributed by atoms with Crippen molar-refractivity contribution in [2.75, 3.05) is 20.6 Å². The first-order valence-corrected chi connectivity index (χ1v) is 9.10. The molecule has 1 N–H and O–H groups in total. The minimum atomic E-state index is -0.534. The van der Waals surface area contributed by atoms with E-state index < -0.39 is 6.10 Å². The molecule has 1 amide bonds. The van der Waals surface area contributed by atoms with Crippen LogP contribution in [0.3, 0.4) is 0 Å². The normalized spacial score (nSPS) is 18.2. The monoisotopic (exact) mass is 352 g/mol. The standard InChI is InChI=1S/C19H29ClN2O2/c1-14-12-16(8-9-17(14)20)24-15(2)18(23)21-13-19(22(3)4)10-6-5-7-11-19/h8-9,12,15H,5-7,10-11,13H2,1-4H3,(H,21,23). The van der Waals surface area contributed by atoms with Gasteiger partial charge < -0.3 is 15.0 Å². The molecule has 0 bridgehead atoms. The van der Waals surface area contributed by atoms with E-state index in [1.54, 1.807) is 19.1 Å². The minimum Gasteiger partial charge on any atom is -0.481 e. The Labute approximate surface area is 150 Å². The summed E-state index contributed by atoms with van der Waals surface area (Å²) < 4.78 is 5.76. The van der Waals surface area contributed by atoms with Gasteiger partial charge in [-0.15, -0.1) is 0 Å². The van der Waals surface area contributed by atoms with Crippen molar-refractivity contribution in [2.24, 2.45) is 0 Å². The molecule has 5 heteroatoms. The van der Waals surface area contributed by atoms with Crippen LogP contribution in [0.5, 0.6) is 5.75 Å². The van der Waals surface area contributed by atoms with Gasteiger partial charge >= 0.3 is 0 Å². The molecule has 1 saturated carbocycles. The molecule has 1 aromatic rings. The molecule has 134 valence electrons. The largest absolute Gasteiger partial charge is 0.481 e. The van der Waals surface area contributed by atoms with Crippen LogP contribution in [0.4, 0.5) is 0 Å². The fraction of sp³-hybridized carbons (Fsp3) is 0.632. The Bertz CT molecular complexity index is 568. The molecule has 4 nitrogen and oxygen atoms in total. The number of rotatable bonds is 6. The van der Waals surface area contributed by atoms with Crippen molar-refractivity contribution in [3.63, 3.8) is 0 Å². The van der Waals surface area contributed by atoms with E-state index in [4.69, 9.17) is 16.3 Å². The van der Waals surface area contributed by atoms with Gasteiger partial charge in [-0.05, 0) is 64.5 Å². The second kappa shape index (κ2) is 8.21. The van der Waals surface area contributed by atoms with Crippen LogP contribution >= 0.6 is 11.6 Å². The van der Waals surface area contributed by atoms with Crippen LogP contribution in [-0.4, -0.2) is 43.1 Å². The third-order valence-corrected chi connectivity index (χ3v) is 5.56. The van der Waals surface area contributed by atoms with Gasteiger partial charge in [-0.1, -0.05) is 30.9 Å². The van der Waals surface area contributed by atoms with Gasteiger partial charge in [0.1, 0.15) is 5.75 Å². The van der Waals surface area contributed by atoms with Crippen LogP contribution in [0.25, 0.3) is 0 Å². The second-order valence-corrected chi connectivity index (χ2v) is 7.48. The lowest BCUT2D eigenvalue weighted by Gasteiger charge is -2.43. The van der Waals surface area contributed by atoms with E-state index in [0.717, 1.165) is 18.4 Å². The summed E-state index contributed by atoms with van der Waals surface area (Å²) in [4.78, 5) is 14.7. The Hall–Kier alpha value is -1.26. The second-order valence-electron chi connectivity index (χ2n) is 7.07. The predicted octanol–water partition coefficient (Wildman–Crippen LogP) is 3.80. The van der Waals surface area contributed by atoms with Gasteiger partial charge in [0.15, 0.2) is 6.10 Å². The van der Waals surface area contributed by atoms with Gasteiger partial charge in [0.2, 0.25) is 0 Å². The maximum absolute atomic E-state index is 12.4. The highest BCUT2D eigenvalue weighted by molar-refractivity contribution is 6.31. The molecule has 24 heavy (non-hydrogen) atoms. The smallest absolute Gasteiger partial charge is 0.260 e. The molecule has 1 fully saturated rings. The van der Waals surface area contributed by atoms with Gasteiger partial charge in [-0.3, -0.25) is 4.79 Å². The van der Waals surface area contributed by atoms with E-state index >= 15 is 0 Å². The molecule has 2 rings (SSSR count). The van der Waals surface area contributed by atoms with Gasteiger partial charge in [0.25, 0.3) is 5.91 Å². The van der Waals surface area contributed by atoms with E-state index in [2.05, 4.69) is 24.3 Å². The number of carbonyl (C=O) groups excluding carboxylic acids is 1. The third kappa shape index (κ3) is 4.64. The van der Waals surface area contributed by atoms with Crippen molar-refractivity contribution < 1.29 is 9.53 Å². The maximum atomic E-state index is 12.4. The van der Waals surface area contributed by atoms with E-state index in [9.17, 15) is 4.79 Å². The molecule has 1 aliphatic rings. The quantitative estimate of drug-likeness (QED) is 0.846. The minimum absolute atomic E-state index is 0.0739. The van der Waals surface area contributed by atoms with Crippen molar-refractivity contribution in [3.8, 4) is 5.75 Å². The lowest BCUT2D eigenvalue weighted by Crippen LogP contribution is -2.55. The number of hydrogen-bond acceptors (Lipinski definition) is 3. The summed E-state index contributed by atoms with van der Waals surface area (Å²) in [5.74, 6) is 0.592. The van der Waals surface area contributed by atoms with Crippen molar-refractivity contribution in [2.45, 2.75) is 57.6 Å². The number of benzene rings is 1. The van der Waals surface area contributed by atoms with Crippen LogP contribution in [0, 0.1) is 6.92 Å². The highest BCUT2D eigenvalue weighted by atomic mass is 35.5. The summed E-state index contributed by atoms with van der Waals surface area (Å²) in [5.41, 5.74) is 1.01. The number of ether oxygens (including phenoxy) is 1. The Morgan fingerprint density at radius 1 is 1.33 bits per heavy atom. The number of nitrogens with one attached hydrogen (secondary N) is 1. The summed E-state index contributed by atoms with van der Waals surface area (Å²) in [5, 5.41) is 3.79. The Morgan fingerprint density at radius 3 is 2.58 bits per heavy atom. The molecule has 1 atom stereocenters. The Morgan fingerprint density at radius 2 is 2.00 bits per heavy atom. The predicted molar refractivity (Wildman–Crippen MR) is 98.8 cm³/mol. The average molecular weight is 353 g/mol. The van der Waals surface area contributed by atoms with Crippen LogP contribution in [0.1, 0.15) is 44.6 Å². The molecule has 0 saturated heterocycles. The molecular weight excluding hydrogens is 324 g/mol. The summed E-state index contributed by atoms with van der Waals surface area (Å²) in [6, 6.07) is 5.44. The molecule has 0 radical (unpaired) electrons. The topological polar surface area (TPSA) is 41.6 Å².